The minimum Gasteiger partial charge on any atom is -0.469 e. The van der Waals surface area contributed by atoms with Crippen molar-refractivity contribution < 1.29 is 33.4 Å². The highest BCUT2D eigenvalue weighted by atomic mass is 32.1. The summed E-state index contributed by atoms with van der Waals surface area (Å²) >= 11 is 1.17. The largest absolute Gasteiger partial charge is 0.469 e. The fraction of sp³-hybridized carbons (Fsp3) is 0.286. The van der Waals surface area contributed by atoms with E-state index in [9.17, 15) is 24.0 Å². The molecule has 1 aromatic carbocycles. The molecule has 2 aliphatic rings. The lowest BCUT2D eigenvalue weighted by Gasteiger charge is -2.14. The molecule has 2 heterocycles. The molecule has 0 fully saturated rings. The van der Waals surface area contributed by atoms with Crippen molar-refractivity contribution >= 4 is 46.0 Å². The van der Waals surface area contributed by atoms with Crippen LogP contribution < -0.4 is 5.32 Å². The average molecular weight is 442 g/mol. The molecule has 160 valence electrons. The van der Waals surface area contributed by atoms with Gasteiger partial charge in [0.2, 0.25) is 5.91 Å². The van der Waals surface area contributed by atoms with Gasteiger partial charge in [0.1, 0.15) is 11.5 Å². The molecule has 10 heteroatoms. The van der Waals surface area contributed by atoms with Gasteiger partial charge in [0, 0.05) is 4.88 Å². The van der Waals surface area contributed by atoms with Crippen LogP contribution in [0.1, 0.15) is 53.9 Å². The molecule has 1 N–H and O–H groups in total. The molecule has 9 nitrogen and oxygen atoms in total. The third kappa shape index (κ3) is 3.38. The number of methoxy groups -OCH3 is 2. The summed E-state index contributed by atoms with van der Waals surface area (Å²) in [5.41, 5.74) is 1.09. The zero-order valence-corrected chi connectivity index (χ0v) is 17.5. The number of ether oxygens (including phenoxy) is 2. The van der Waals surface area contributed by atoms with Gasteiger partial charge >= 0.3 is 11.9 Å². The number of carbonyl (C=O) groups excluding carboxylic acids is 5. The number of esters is 2. The van der Waals surface area contributed by atoms with Gasteiger partial charge in [0.05, 0.1) is 36.8 Å². The number of fused-ring (bicyclic) bond motifs is 2. The van der Waals surface area contributed by atoms with Crippen molar-refractivity contribution in [1.29, 1.82) is 0 Å². The van der Waals surface area contributed by atoms with E-state index < -0.39 is 42.1 Å². The molecule has 1 aromatic heterocycles. The van der Waals surface area contributed by atoms with Crippen LogP contribution in [0.3, 0.4) is 0 Å². The first kappa shape index (κ1) is 20.7. The van der Waals surface area contributed by atoms with Crippen molar-refractivity contribution in [2.75, 3.05) is 26.1 Å². The van der Waals surface area contributed by atoms with Gasteiger partial charge < -0.3 is 14.8 Å². The van der Waals surface area contributed by atoms with Gasteiger partial charge in [-0.25, -0.2) is 4.79 Å². The van der Waals surface area contributed by atoms with E-state index in [0.717, 1.165) is 9.78 Å². The predicted octanol–water partition coefficient (Wildman–Crippen LogP) is 1.97. The number of hydrogen-bond donors (Lipinski definition) is 1. The number of hydrogen-bond acceptors (Lipinski definition) is 8. The summed E-state index contributed by atoms with van der Waals surface area (Å²) in [6.45, 7) is -0.504. The van der Waals surface area contributed by atoms with Gasteiger partial charge in [0.25, 0.3) is 11.8 Å². The third-order valence-corrected chi connectivity index (χ3v) is 6.52. The zero-order valence-electron chi connectivity index (χ0n) is 16.7. The van der Waals surface area contributed by atoms with E-state index in [4.69, 9.17) is 9.47 Å². The van der Waals surface area contributed by atoms with Crippen LogP contribution in [0.4, 0.5) is 5.00 Å². The Morgan fingerprint density at radius 2 is 1.74 bits per heavy atom. The van der Waals surface area contributed by atoms with Crippen molar-refractivity contribution in [3.05, 3.63) is 51.4 Å². The number of nitrogens with one attached hydrogen (secondary N) is 1. The molecule has 1 unspecified atom stereocenters. The van der Waals surface area contributed by atoms with E-state index in [-0.39, 0.29) is 21.7 Å². The lowest BCUT2D eigenvalue weighted by atomic mass is 9.99. The summed E-state index contributed by atoms with van der Waals surface area (Å²) in [5.74, 6) is -3.52. The van der Waals surface area contributed by atoms with Gasteiger partial charge in [-0.3, -0.25) is 24.1 Å². The van der Waals surface area contributed by atoms with Crippen molar-refractivity contribution in [2.24, 2.45) is 0 Å². The second-order valence-corrected chi connectivity index (χ2v) is 8.14. The summed E-state index contributed by atoms with van der Waals surface area (Å²) in [6, 6.07) is 6.33. The first-order valence-electron chi connectivity index (χ1n) is 9.44. The highest BCUT2D eigenvalue weighted by Gasteiger charge is 2.39. The maximum absolute atomic E-state index is 12.7. The SMILES string of the molecule is COC(=O)c1c(NC(=O)CN2C(=O)c3ccccc3C2=O)sc2c1C(C(=O)OC)CC2. The van der Waals surface area contributed by atoms with E-state index in [1.807, 2.05) is 0 Å². The van der Waals surface area contributed by atoms with Gasteiger partial charge in [-0.2, -0.15) is 0 Å². The Labute approximate surface area is 180 Å². The minimum absolute atomic E-state index is 0.103. The molecule has 1 aliphatic carbocycles. The zero-order chi connectivity index (χ0) is 22.3. The summed E-state index contributed by atoms with van der Waals surface area (Å²) < 4.78 is 9.70. The topological polar surface area (TPSA) is 119 Å². The molecule has 0 saturated heterocycles. The maximum Gasteiger partial charge on any atom is 0.341 e. The molecular weight excluding hydrogens is 424 g/mol. The Balaban J connectivity index is 1.58. The number of imide groups is 1. The maximum atomic E-state index is 12.7. The Morgan fingerprint density at radius 1 is 1.10 bits per heavy atom. The number of carbonyl (C=O) groups is 5. The van der Waals surface area contributed by atoms with Crippen LogP contribution in [0.15, 0.2) is 24.3 Å². The van der Waals surface area contributed by atoms with Gasteiger partial charge in [-0.15, -0.1) is 11.3 Å². The van der Waals surface area contributed by atoms with Gasteiger partial charge in [-0.1, -0.05) is 12.1 Å². The van der Waals surface area contributed by atoms with Crippen LogP contribution in [0.5, 0.6) is 0 Å². The number of benzene rings is 1. The lowest BCUT2D eigenvalue weighted by molar-refractivity contribution is -0.142. The number of nitrogens with zero attached hydrogens (tertiary/aromatic N) is 1. The van der Waals surface area contributed by atoms with E-state index >= 15 is 0 Å². The number of thiophene rings is 1. The molecule has 0 bridgehead atoms. The summed E-state index contributed by atoms with van der Waals surface area (Å²) in [5, 5.41) is 2.82. The molecule has 0 saturated carbocycles. The normalized spacial score (nSPS) is 16.7. The number of anilines is 1. The Kier molecular flexibility index (Phi) is 5.32. The van der Waals surface area contributed by atoms with Crippen LogP contribution >= 0.6 is 11.3 Å². The summed E-state index contributed by atoms with van der Waals surface area (Å²) in [4.78, 5) is 63.9. The molecule has 3 amide bonds. The second kappa shape index (κ2) is 7.95. The fourth-order valence-electron chi connectivity index (χ4n) is 3.93. The molecule has 1 atom stereocenters. The molecular formula is C21H18N2O7S. The standard InChI is InChI=1S/C21H18N2O7S/c1-29-20(27)12-7-8-13-15(12)16(21(28)30-2)17(31-13)22-14(24)9-23-18(25)10-5-3-4-6-11(10)19(23)26/h3-6,12H,7-9H2,1-2H3,(H,22,24). The number of aryl methyl sites for hydroxylation is 1. The molecule has 2 aromatic rings. The minimum atomic E-state index is -0.690. The highest BCUT2D eigenvalue weighted by molar-refractivity contribution is 7.17. The van der Waals surface area contributed by atoms with Crippen molar-refractivity contribution in [1.82, 2.24) is 4.90 Å². The Morgan fingerprint density at radius 3 is 2.32 bits per heavy atom. The van der Waals surface area contributed by atoms with E-state index in [2.05, 4.69) is 5.32 Å². The smallest absolute Gasteiger partial charge is 0.341 e. The van der Waals surface area contributed by atoms with Crippen LogP contribution in [-0.2, 0) is 25.5 Å². The van der Waals surface area contributed by atoms with E-state index in [1.54, 1.807) is 12.1 Å². The number of rotatable bonds is 5. The number of amides is 3. The van der Waals surface area contributed by atoms with Gasteiger partial charge in [0.15, 0.2) is 0 Å². The van der Waals surface area contributed by atoms with Gasteiger partial charge in [-0.05, 0) is 30.5 Å². The average Bonchev–Trinajstić information content (AvgIpc) is 3.40. The molecule has 0 radical (unpaired) electrons. The van der Waals surface area contributed by atoms with Crippen LogP contribution in [-0.4, -0.2) is 55.3 Å². The van der Waals surface area contributed by atoms with Crippen LogP contribution in [0.25, 0.3) is 0 Å². The Bertz CT molecular complexity index is 1100. The fourth-order valence-corrected chi connectivity index (χ4v) is 5.21. The van der Waals surface area contributed by atoms with Crippen LogP contribution in [0, 0.1) is 0 Å². The quantitative estimate of drug-likeness (QED) is 0.555. The predicted molar refractivity (Wildman–Crippen MR) is 109 cm³/mol. The first-order valence-corrected chi connectivity index (χ1v) is 10.3. The van der Waals surface area contributed by atoms with E-state index in [0.29, 0.717) is 18.4 Å². The van der Waals surface area contributed by atoms with Crippen molar-refractivity contribution in [3.63, 3.8) is 0 Å². The lowest BCUT2D eigenvalue weighted by Crippen LogP contribution is -2.37. The first-order chi connectivity index (χ1) is 14.9. The monoisotopic (exact) mass is 442 g/mol. The third-order valence-electron chi connectivity index (χ3n) is 5.34. The van der Waals surface area contributed by atoms with Crippen LogP contribution in [0.2, 0.25) is 0 Å². The molecule has 4 rings (SSSR count). The van der Waals surface area contributed by atoms with Crippen molar-refractivity contribution in [2.45, 2.75) is 18.8 Å². The highest BCUT2D eigenvalue weighted by Crippen LogP contribution is 2.45. The molecule has 31 heavy (non-hydrogen) atoms. The second-order valence-electron chi connectivity index (χ2n) is 7.04. The summed E-state index contributed by atoms with van der Waals surface area (Å²) in [7, 11) is 2.48. The molecule has 1 aliphatic heterocycles. The summed E-state index contributed by atoms with van der Waals surface area (Å²) in [6.07, 6.45) is 1.05. The Hall–Kier alpha value is -3.53. The van der Waals surface area contributed by atoms with Crippen molar-refractivity contribution in [3.8, 4) is 0 Å². The molecule has 0 spiro atoms. The van der Waals surface area contributed by atoms with E-state index in [1.165, 1.54) is 37.7 Å².